The van der Waals surface area contributed by atoms with Crippen molar-refractivity contribution in [2.75, 3.05) is 24.6 Å². The lowest BCUT2D eigenvalue weighted by Crippen LogP contribution is -2.46. The van der Waals surface area contributed by atoms with Gasteiger partial charge in [0.2, 0.25) is 5.91 Å². The van der Waals surface area contributed by atoms with E-state index in [0.717, 1.165) is 18.2 Å². The van der Waals surface area contributed by atoms with Gasteiger partial charge >= 0.3 is 0 Å². The van der Waals surface area contributed by atoms with E-state index in [9.17, 15) is 26.8 Å². The van der Waals surface area contributed by atoms with Gasteiger partial charge in [-0.25, -0.2) is 17.2 Å². The van der Waals surface area contributed by atoms with Crippen molar-refractivity contribution < 1.29 is 26.8 Å². The van der Waals surface area contributed by atoms with Gasteiger partial charge in [0.25, 0.3) is 5.91 Å². The molecule has 1 aliphatic rings. The number of nitrogens with one attached hydrogen (secondary N) is 1. The average Bonchev–Trinajstić information content (AvgIpc) is 2.88. The molecule has 2 rings (SSSR count). The Morgan fingerprint density at radius 2 is 2.00 bits per heavy atom. The molecule has 1 atom stereocenters. The van der Waals surface area contributed by atoms with Crippen molar-refractivity contribution in [3.63, 3.8) is 0 Å². The molecule has 1 heterocycles. The molecule has 0 spiro atoms. The summed E-state index contributed by atoms with van der Waals surface area (Å²) in [5.41, 5.74) is -0.104. The van der Waals surface area contributed by atoms with Crippen molar-refractivity contribution in [3.05, 3.63) is 35.4 Å². The van der Waals surface area contributed by atoms with Crippen molar-refractivity contribution in [1.82, 2.24) is 10.2 Å². The lowest BCUT2D eigenvalue weighted by Gasteiger charge is -2.27. The maximum atomic E-state index is 13.1. The molecule has 6 nitrogen and oxygen atoms in total. The van der Waals surface area contributed by atoms with Crippen LogP contribution in [0.3, 0.4) is 0 Å². The minimum absolute atomic E-state index is 0.0443. The van der Waals surface area contributed by atoms with Crippen LogP contribution < -0.4 is 5.32 Å². The molecule has 1 fully saturated rings. The number of halogens is 2. The van der Waals surface area contributed by atoms with Crippen LogP contribution in [0.1, 0.15) is 23.7 Å². The fourth-order valence-corrected chi connectivity index (χ4v) is 4.39. The van der Waals surface area contributed by atoms with Gasteiger partial charge in [-0.2, -0.15) is 0 Å². The summed E-state index contributed by atoms with van der Waals surface area (Å²) >= 11 is 0. The zero-order valence-corrected chi connectivity index (χ0v) is 13.9. The molecule has 0 bridgehead atoms. The summed E-state index contributed by atoms with van der Waals surface area (Å²) in [7, 11) is -3.13. The molecule has 1 aliphatic heterocycles. The fourth-order valence-electron chi connectivity index (χ4n) is 2.66. The maximum absolute atomic E-state index is 13.1. The zero-order valence-electron chi connectivity index (χ0n) is 13.1. The second kappa shape index (κ2) is 7.25. The Bertz CT molecular complexity index is 752. The number of carbonyl (C=O) groups is 2. The SMILES string of the molecule is CCN(C(=O)CNC(=O)c1ccc(F)c(F)c1)C1CCS(=O)(=O)C1. The topological polar surface area (TPSA) is 83.6 Å². The number of nitrogens with zero attached hydrogens (tertiary/aromatic N) is 1. The van der Waals surface area contributed by atoms with Gasteiger partial charge < -0.3 is 10.2 Å². The highest BCUT2D eigenvalue weighted by Crippen LogP contribution is 2.17. The van der Waals surface area contributed by atoms with E-state index >= 15 is 0 Å². The number of sulfone groups is 1. The van der Waals surface area contributed by atoms with Crippen LogP contribution in [-0.4, -0.2) is 55.8 Å². The van der Waals surface area contributed by atoms with Crippen LogP contribution in [0.2, 0.25) is 0 Å². The highest BCUT2D eigenvalue weighted by Gasteiger charge is 2.33. The van der Waals surface area contributed by atoms with Crippen molar-refractivity contribution in [2.45, 2.75) is 19.4 Å². The molecule has 1 N–H and O–H groups in total. The van der Waals surface area contributed by atoms with Gasteiger partial charge in [-0.1, -0.05) is 0 Å². The van der Waals surface area contributed by atoms with E-state index in [1.54, 1.807) is 6.92 Å². The molecular formula is C15H18F2N2O4S. The van der Waals surface area contributed by atoms with Gasteiger partial charge in [0.05, 0.1) is 18.1 Å². The third-order valence-corrected chi connectivity index (χ3v) is 5.64. The summed E-state index contributed by atoms with van der Waals surface area (Å²) in [4.78, 5) is 25.5. The Hall–Kier alpha value is -2.03. The Morgan fingerprint density at radius 1 is 1.29 bits per heavy atom. The van der Waals surface area contributed by atoms with Gasteiger partial charge in [-0.3, -0.25) is 9.59 Å². The molecular weight excluding hydrogens is 342 g/mol. The van der Waals surface area contributed by atoms with Crippen LogP contribution in [0.5, 0.6) is 0 Å². The van der Waals surface area contributed by atoms with E-state index < -0.39 is 39.3 Å². The number of hydrogen-bond donors (Lipinski definition) is 1. The standard InChI is InChI=1S/C15H18F2N2O4S/c1-2-19(11-5-6-24(22,23)9-11)14(20)8-18-15(21)10-3-4-12(16)13(17)7-10/h3-4,7,11H,2,5-6,8-9H2,1H3,(H,18,21). The lowest BCUT2D eigenvalue weighted by atomic mass is 10.2. The minimum Gasteiger partial charge on any atom is -0.343 e. The van der Waals surface area contributed by atoms with Gasteiger partial charge in [-0.05, 0) is 31.5 Å². The third-order valence-electron chi connectivity index (χ3n) is 3.89. The van der Waals surface area contributed by atoms with Crippen LogP contribution in [0.4, 0.5) is 8.78 Å². The molecule has 1 aromatic carbocycles. The van der Waals surface area contributed by atoms with E-state index in [2.05, 4.69) is 5.32 Å². The fraction of sp³-hybridized carbons (Fsp3) is 0.467. The quantitative estimate of drug-likeness (QED) is 0.839. The first-order valence-electron chi connectivity index (χ1n) is 7.46. The number of rotatable bonds is 5. The van der Waals surface area contributed by atoms with Crippen LogP contribution in [0, 0.1) is 11.6 Å². The zero-order chi connectivity index (χ0) is 17.9. The minimum atomic E-state index is -3.13. The van der Waals surface area contributed by atoms with Gasteiger partial charge in [0.15, 0.2) is 21.5 Å². The van der Waals surface area contributed by atoms with E-state index in [1.165, 1.54) is 4.90 Å². The molecule has 1 saturated heterocycles. The highest BCUT2D eigenvalue weighted by molar-refractivity contribution is 7.91. The summed E-state index contributed by atoms with van der Waals surface area (Å²) in [6.07, 6.45) is 0.374. The molecule has 9 heteroatoms. The monoisotopic (exact) mass is 360 g/mol. The van der Waals surface area contributed by atoms with Crippen LogP contribution in [-0.2, 0) is 14.6 Å². The summed E-state index contributed by atoms with van der Waals surface area (Å²) in [5, 5.41) is 2.34. The van der Waals surface area contributed by atoms with Crippen LogP contribution >= 0.6 is 0 Å². The Morgan fingerprint density at radius 3 is 2.54 bits per heavy atom. The molecule has 0 saturated carbocycles. The predicted octanol–water partition coefficient (Wildman–Crippen LogP) is 0.730. The van der Waals surface area contributed by atoms with E-state index in [1.807, 2.05) is 0 Å². The molecule has 0 aromatic heterocycles. The lowest BCUT2D eigenvalue weighted by molar-refractivity contribution is -0.131. The Balaban J connectivity index is 1.95. The number of hydrogen-bond acceptors (Lipinski definition) is 4. The summed E-state index contributed by atoms with van der Waals surface area (Å²) in [6, 6.07) is 2.29. The first-order valence-corrected chi connectivity index (χ1v) is 9.29. The van der Waals surface area contributed by atoms with Crippen LogP contribution in [0.25, 0.3) is 0 Å². The Kier molecular flexibility index (Phi) is 5.53. The largest absolute Gasteiger partial charge is 0.343 e. The molecule has 1 aromatic rings. The van der Waals surface area contributed by atoms with Crippen molar-refractivity contribution in [3.8, 4) is 0 Å². The molecule has 1 unspecified atom stereocenters. The first-order chi connectivity index (χ1) is 11.2. The van der Waals surface area contributed by atoms with Gasteiger partial charge in [-0.15, -0.1) is 0 Å². The first kappa shape index (κ1) is 18.3. The maximum Gasteiger partial charge on any atom is 0.251 e. The summed E-state index contributed by atoms with van der Waals surface area (Å²) in [6.45, 7) is 1.70. The number of likely N-dealkylation sites (N-methyl/N-ethyl adjacent to an activating group) is 1. The van der Waals surface area contributed by atoms with Gasteiger partial charge in [0, 0.05) is 18.2 Å². The smallest absolute Gasteiger partial charge is 0.251 e. The molecule has 0 radical (unpaired) electrons. The average molecular weight is 360 g/mol. The normalized spacial score (nSPS) is 19.0. The third kappa shape index (κ3) is 4.28. The van der Waals surface area contributed by atoms with Crippen LogP contribution in [0.15, 0.2) is 18.2 Å². The molecule has 132 valence electrons. The number of amides is 2. The molecule has 2 amide bonds. The van der Waals surface area contributed by atoms with Crippen molar-refractivity contribution in [2.24, 2.45) is 0 Å². The van der Waals surface area contributed by atoms with Crippen molar-refractivity contribution in [1.29, 1.82) is 0 Å². The predicted molar refractivity (Wildman–Crippen MR) is 83.1 cm³/mol. The summed E-state index contributed by atoms with van der Waals surface area (Å²) < 4.78 is 49.0. The Labute approximate surface area is 138 Å². The molecule has 24 heavy (non-hydrogen) atoms. The number of carbonyl (C=O) groups excluding carboxylic acids is 2. The van der Waals surface area contributed by atoms with Gasteiger partial charge in [0.1, 0.15) is 0 Å². The van der Waals surface area contributed by atoms with E-state index in [0.29, 0.717) is 13.0 Å². The summed E-state index contributed by atoms with van der Waals surface area (Å²) in [5.74, 6) is -3.39. The van der Waals surface area contributed by atoms with Crippen molar-refractivity contribution >= 4 is 21.7 Å². The second-order valence-corrected chi connectivity index (χ2v) is 7.78. The van der Waals surface area contributed by atoms with E-state index in [4.69, 9.17) is 0 Å². The number of benzene rings is 1. The highest BCUT2D eigenvalue weighted by atomic mass is 32.2. The molecule has 0 aliphatic carbocycles. The van der Waals surface area contributed by atoms with E-state index in [-0.39, 0.29) is 23.6 Å². The second-order valence-electron chi connectivity index (χ2n) is 5.55.